The minimum absolute atomic E-state index is 0.0244. The molecule has 0 fully saturated rings. The molecule has 0 saturated heterocycles. The van der Waals surface area contributed by atoms with Crippen LogP contribution < -0.4 is 5.30 Å². The summed E-state index contributed by atoms with van der Waals surface area (Å²) in [5, 5.41) is 0.0244. The summed E-state index contributed by atoms with van der Waals surface area (Å²) in [5.74, 6) is 0.349. The van der Waals surface area contributed by atoms with Gasteiger partial charge in [-0.05, 0) is 17.7 Å². The Kier molecular flexibility index (Phi) is 2.91. The van der Waals surface area contributed by atoms with Gasteiger partial charge in [-0.3, -0.25) is 4.57 Å². The van der Waals surface area contributed by atoms with E-state index in [0.29, 0.717) is 5.88 Å². The normalized spacial score (nSPS) is 11.6. The number of benzene rings is 1. The van der Waals surface area contributed by atoms with Crippen molar-refractivity contribution < 1.29 is 14.4 Å². The van der Waals surface area contributed by atoms with Crippen LogP contribution >= 0.6 is 19.2 Å². The van der Waals surface area contributed by atoms with E-state index in [-0.39, 0.29) is 5.30 Å². The second kappa shape index (κ2) is 3.58. The molecule has 0 aliphatic rings. The monoisotopic (exact) mass is 206 g/mol. The molecule has 3 nitrogen and oxygen atoms in total. The average molecular weight is 207 g/mol. The average Bonchev–Trinajstić information content (AvgIpc) is 2.03. The molecule has 0 aromatic heterocycles. The van der Waals surface area contributed by atoms with Crippen LogP contribution in [0.4, 0.5) is 0 Å². The van der Waals surface area contributed by atoms with Crippen LogP contribution in [0.15, 0.2) is 24.3 Å². The molecule has 0 aliphatic heterocycles. The molecule has 0 radical (unpaired) electrons. The Morgan fingerprint density at radius 2 is 1.75 bits per heavy atom. The van der Waals surface area contributed by atoms with E-state index in [9.17, 15) is 4.57 Å². The van der Waals surface area contributed by atoms with E-state index in [2.05, 4.69) is 0 Å². The van der Waals surface area contributed by atoms with Crippen LogP contribution in [-0.4, -0.2) is 9.79 Å². The lowest BCUT2D eigenvalue weighted by Crippen LogP contribution is -2.02. The molecule has 0 aliphatic carbocycles. The highest BCUT2D eigenvalue weighted by Crippen LogP contribution is 2.32. The van der Waals surface area contributed by atoms with Gasteiger partial charge < -0.3 is 9.79 Å². The summed E-state index contributed by atoms with van der Waals surface area (Å²) in [4.78, 5) is 17.5. The predicted octanol–water partition coefficient (Wildman–Crippen LogP) is 1.23. The molecular formula is C7H8ClO3P. The van der Waals surface area contributed by atoms with Crippen molar-refractivity contribution in [3.05, 3.63) is 29.8 Å². The number of hydrogen-bond donors (Lipinski definition) is 2. The van der Waals surface area contributed by atoms with Crippen molar-refractivity contribution in [3.63, 3.8) is 0 Å². The first-order valence-corrected chi connectivity index (χ1v) is 5.40. The summed E-state index contributed by atoms with van der Waals surface area (Å²) >= 11 is 5.50. The molecule has 1 aromatic carbocycles. The molecule has 0 spiro atoms. The van der Waals surface area contributed by atoms with E-state index in [1.807, 2.05) is 0 Å². The zero-order valence-corrected chi connectivity index (χ0v) is 7.79. The highest BCUT2D eigenvalue weighted by molar-refractivity contribution is 7.60. The van der Waals surface area contributed by atoms with E-state index < -0.39 is 7.60 Å². The molecule has 1 aromatic rings. The topological polar surface area (TPSA) is 57.5 Å². The summed E-state index contributed by atoms with van der Waals surface area (Å²) in [6, 6.07) is 5.97. The van der Waals surface area contributed by atoms with E-state index in [1.165, 1.54) is 12.1 Å². The van der Waals surface area contributed by atoms with Crippen LogP contribution in [0, 0.1) is 0 Å². The van der Waals surface area contributed by atoms with Crippen LogP contribution in [0.1, 0.15) is 5.56 Å². The maximum Gasteiger partial charge on any atom is 0.356 e. The van der Waals surface area contributed by atoms with Crippen LogP contribution in [0.2, 0.25) is 0 Å². The van der Waals surface area contributed by atoms with Gasteiger partial charge in [0.15, 0.2) is 0 Å². The molecule has 1 rings (SSSR count). The fourth-order valence-electron chi connectivity index (χ4n) is 0.779. The first-order valence-electron chi connectivity index (χ1n) is 3.25. The van der Waals surface area contributed by atoms with Crippen molar-refractivity contribution in [2.24, 2.45) is 0 Å². The van der Waals surface area contributed by atoms with Crippen molar-refractivity contribution in [3.8, 4) is 0 Å². The van der Waals surface area contributed by atoms with E-state index in [1.54, 1.807) is 12.1 Å². The highest BCUT2D eigenvalue weighted by atomic mass is 35.5. The largest absolute Gasteiger partial charge is 0.356 e. The maximum atomic E-state index is 10.7. The molecular weight excluding hydrogens is 199 g/mol. The van der Waals surface area contributed by atoms with Crippen LogP contribution in [0.25, 0.3) is 0 Å². The number of rotatable bonds is 2. The first kappa shape index (κ1) is 9.75. The third kappa shape index (κ3) is 2.32. The van der Waals surface area contributed by atoms with Crippen molar-refractivity contribution >= 4 is 24.5 Å². The standard InChI is InChI=1S/C7H8ClO3P/c8-5-6-1-3-7(4-2-6)12(9,10)11/h1-4H,5H2,(H2,9,10,11). The Hall–Kier alpha value is -0.340. The molecule has 0 heterocycles. The lowest BCUT2D eigenvalue weighted by molar-refractivity contribution is 0.387. The van der Waals surface area contributed by atoms with Crippen molar-refractivity contribution in [2.75, 3.05) is 0 Å². The quantitative estimate of drug-likeness (QED) is 0.565. The van der Waals surface area contributed by atoms with Gasteiger partial charge in [0.1, 0.15) is 0 Å². The SMILES string of the molecule is O=P(O)(O)c1ccc(CCl)cc1. The fraction of sp³-hybridized carbons (Fsp3) is 0.143. The van der Waals surface area contributed by atoms with Crippen LogP contribution in [0.5, 0.6) is 0 Å². The highest BCUT2D eigenvalue weighted by Gasteiger charge is 2.15. The van der Waals surface area contributed by atoms with E-state index in [0.717, 1.165) is 5.56 Å². The third-order valence-electron chi connectivity index (χ3n) is 1.43. The van der Waals surface area contributed by atoms with Gasteiger partial charge in [-0.25, -0.2) is 0 Å². The molecule has 66 valence electrons. The van der Waals surface area contributed by atoms with Gasteiger partial charge in [0.25, 0.3) is 0 Å². The molecule has 2 N–H and O–H groups in total. The molecule has 0 amide bonds. The second-order valence-corrected chi connectivity index (χ2v) is 4.22. The summed E-state index contributed by atoms with van der Waals surface area (Å²) in [6.45, 7) is 0. The van der Waals surface area contributed by atoms with Gasteiger partial charge in [0, 0.05) is 5.88 Å². The van der Waals surface area contributed by atoms with Crippen molar-refractivity contribution in [1.82, 2.24) is 0 Å². The molecule has 0 bridgehead atoms. The lowest BCUT2D eigenvalue weighted by atomic mass is 10.2. The van der Waals surface area contributed by atoms with Gasteiger partial charge in [0.2, 0.25) is 0 Å². The third-order valence-corrected chi connectivity index (χ3v) is 2.71. The maximum absolute atomic E-state index is 10.7. The summed E-state index contributed by atoms with van der Waals surface area (Å²) in [7, 11) is -4.09. The lowest BCUT2D eigenvalue weighted by Gasteiger charge is -2.03. The second-order valence-electron chi connectivity index (χ2n) is 2.34. The number of hydrogen-bond acceptors (Lipinski definition) is 1. The van der Waals surface area contributed by atoms with E-state index in [4.69, 9.17) is 21.4 Å². The molecule has 0 unspecified atom stereocenters. The predicted molar refractivity (Wildman–Crippen MR) is 47.7 cm³/mol. The Morgan fingerprint density at radius 3 is 2.08 bits per heavy atom. The minimum atomic E-state index is -4.09. The van der Waals surface area contributed by atoms with Crippen molar-refractivity contribution in [1.29, 1.82) is 0 Å². The van der Waals surface area contributed by atoms with Gasteiger partial charge in [-0.15, -0.1) is 11.6 Å². The van der Waals surface area contributed by atoms with Gasteiger partial charge in [-0.1, -0.05) is 12.1 Å². The smallest absolute Gasteiger partial charge is 0.321 e. The molecule has 12 heavy (non-hydrogen) atoms. The van der Waals surface area contributed by atoms with Gasteiger partial charge in [0.05, 0.1) is 5.30 Å². The van der Waals surface area contributed by atoms with Crippen molar-refractivity contribution in [2.45, 2.75) is 5.88 Å². The summed E-state index contributed by atoms with van der Waals surface area (Å²) in [5.41, 5.74) is 0.842. The first-order chi connectivity index (χ1) is 5.54. The van der Waals surface area contributed by atoms with Crippen LogP contribution in [0.3, 0.4) is 0 Å². The van der Waals surface area contributed by atoms with E-state index >= 15 is 0 Å². The fourth-order valence-corrected chi connectivity index (χ4v) is 1.49. The van der Waals surface area contributed by atoms with Gasteiger partial charge in [-0.2, -0.15) is 0 Å². The zero-order chi connectivity index (χ0) is 9.19. The Bertz CT molecular complexity index is 303. The molecule has 5 heteroatoms. The summed E-state index contributed by atoms with van der Waals surface area (Å²) in [6.07, 6.45) is 0. The van der Waals surface area contributed by atoms with Crippen LogP contribution in [-0.2, 0) is 10.4 Å². The minimum Gasteiger partial charge on any atom is -0.321 e. The number of halogens is 1. The Labute approximate surface area is 75.2 Å². The molecule has 0 saturated carbocycles. The number of alkyl halides is 1. The Morgan fingerprint density at radius 1 is 1.25 bits per heavy atom. The summed E-state index contributed by atoms with van der Waals surface area (Å²) < 4.78 is 10.7. The molecule has 0 atom stereocenters. The Balaban J connectivity index is 3.01. The van der Waals surface area contributed by atoms with Gasteiger partial charge >= 0.3 is 7.60 Å². The zero-order valence-electron chi connectivity index (χ0n) is 6.14.